The molecule has 0 bridgehead atoms. The normalized spacial score (nSPS) is 12.1. The Hall–Kier alpha value is -2.93. The molecule has 0 fully saturated rings. The highest BCUT2D eigenvalue weighted by molar-refractivity contribution is 5.92. The van der Waals surface area contributed by atoms with E-state index >= 15 is 0 Å². The van der Waals surface area contributed by atoms with E-state index < -0.39 is 0 Å². The van der Waals surface area contributed by atoms with Crippen LogP contribution in [-0.2, 0) is 11.3 Å². The van der Waals surface area contributed by atoms with E-state index in [0.29, 0.717) is 12.4 Å². The summed E-state index contributed by atoms with van der Waals surface area (Å²) in [5.74, 6) is 0.902. The molecule has 0 spiro atoms. The molecule has 0 radical (unpaired) electrons. The highest BCUT2D eigenvalue weighted by Crippen LogP contribution is 2.25. The first-order chi connectivity index (χ1) is 12.7. The van der Waals surface area contributed by atoms with Gasteiger partial charge in [-0.1, -0.05) is 24.2 Å². The van der Waals surface area contributed by atoms with E-state index in [4.69, 9.17) is 14.0 Å². The van der Waals surface area contributed by atoms with Crippen molar-refractivity contribution in [3.63, 3.8) is 0 Å². The second-order valence-corrected chi connectivity index (χ2v) is 5.85. The Morgan fingerprint density at radius 1 is 1.35 bits per heavy atom. The van der Waals surface area contributed by atoms with E-state index in [-0.39, 0.29) is 24.2 Å². The third-order valence-corrected chi connectivity index (χ3v) is 4.00. The minimum absolute atomic E-state index is 0.0619. The van der Waals surface area contributed by atoms with E-state index in [1.807, 2.05) is 31.2 Å². The number of aromatic nitrogens is 2. The Bertz CT molecular complexity index is 873. The summed E-state index contributed by atoms with van der Waals surface area (Å²) in [6, 6.07) is 9.16. The molecule has 3 aromatic rings. The van der Waals surface area contributed by atoms with Crippen molar-refractivity contribution in [2.24, 2.45) is 0 Å². The number of methoxy groups -OCH3 is 1. The van der Waals surface area contributed by atoms with Crippen LogP contribution in [0.1, 0.15) is 29.6 Å². The lowest BCUT2D eigenvalue weighted by Crippen LogP contribution is -2.37. The molecule has 3 rings (SSSR count). The van der Waals surface area contributed by atoms with Crippen LogP contribution in [0.3, 0.4) is 0 Å². The van der Waals surface area contributed by atoms with Gasteiger partial charge in [-0.05, 0) is 18.6 Å². The minimum atomic E-state index is -0.292. The number of ether oxygens (including phenoxy) is 2. The molecule has 7 nitrogen and oxygen atoms in total. The van der Waals surface area contributed by atoms with E-state index in [1.54, 1.807) is 25.6 Å². The van der Waals surface area contributed by atoms with Crippen LogP contribution in [0, 0.1) is 0 Å². The van der Waals surface area contributed by atoms with Gasteiger partial charge in [0.15, 0.2) is 11.5 Å². The summed E-state index contributed by atoms with van der Waals surface area (Å²) in [5, 5.41) is 8.64. The molecule has 136 valence electrons. The first kappa shape index (κ1) is 17.9. The van der Waals surface area contributed by atoms with Crippen molar-refractivity contribution >= 4 is 16.7 Å². The Labute approximate surface area is 151 Å². The van der Waals surface area contributed by atoms with Crippen LogP contribution < -0.4 is 10.1 Å². The molecule has 0 aliphatic heterocycles. The van der Waals surface area contributed by atoms with Gasteiger partial charge in [-0.2, -0.15) is 0 Å². The molecule has 1 amide bonds. The first-order valence-electron chi connectivity index (χ1n) is 8.42. The van der Waals surface area contributed by atoms with Crippen LogP contribution in [0.15, 0.2) is 47.2 Å². The molecule has 26 heavy (non-hydrogen) atoms. The fraction of sp³-hybridized carbons (Fsp3) is 0.316. The zero-order valence-electron chi connectivity index (χ0n) is 14.8. The van der Waals surface area contributed by atoms with Crippen LogP contribution in [-0.4, -0.2) is 35.8 Å². The molecular weight excluding hydrogens is 334 g/mol. The van der Waals surface area contributed by atoms with Gasteiger partial charge in [0.1, 0.15) is 12.4 Å². The van der Waals surface area contributed by atoms with Crippen molar-refractivity contribution in [3.05, 3.63) is 54.2 Å². The van der Waals surface area contributed by atoms with Gasteiger partial charge in [0.05, 0.1) is 12.6 Å². The van der Waals surface area contributed by atoms with Crippen molar-refractivity contribution < 1.29 is 18.8 Å². The molecule has 0 saturated carbocycles. The van der Waals surface area contributed by atoms with Gasteiger partial charge in [0.25, 0.3) is 5.91 Å². The lowest BCUT2D eigenvalue weighted by molar-refractivity contribution is 0.0885. The molecule has 0 aliphatic carbocycles. The van der Waals surface area contributed by atoms with Gasteiger partial charge in [0.2, 0.25) is 0 Å². The summed E-state index contributed by atoms with van der Waals surface area (Å²) in [6.07, 6.45) is 4.27. The Morgan fingerprint density at radius 2 is 2.23 bits per heavy atom. The second-order valence-electron chi connectivity index (χ2n) is 5.85. The predicted octanol–water partition coefficient (Wildman–Crippen LogP) is 2.96. The van der Waals surface area contributed by atoms with Crippen LogP contribution in [0.2, 0.25) is 0 Å². The van der Waals surface area contributed by atoms with Crippen molar-refractivity contribution in [1.82, 2.24) is 15.5 Å². The summed E-state index contributed by atoms with van der Waals surface area (Å²) < 4.78 is 16.1. The van der Waals surface area contributed by atoms with Crippen molar-refractivity contribution in [2.75, 3.05) is 13.7 Å². The molecule has 2 heterocycles. The fourth-order valence-electron chi connectivity index (χ4n) is 2.58. The number of nitrogens with one attached hydrogen (secondary N) is 1. The zero-order valence-corrected chi connectivity index (χ0v) is 14.8. The van der Waals surface area contributed by atoms with E-state index in [9.17, 15) is 4.79 Å². The number of carbonyl (C=O) groups is 1. The molecule has 1 N–H and O–H groups in total. The number of benzene rings is 1. The summed E-state index contributed by atoms with van der Waals surface area (Å²) >= 11 is 0. The third kappa shape index (κ3) is 4.18. The predicted molar refractivity (Wildman–Crippen MR) is 96.0 cm³/mol. The lowest BCUT2D eigenvalue weighted by atomic mass is 10.1. The lowest BCUT2D eigenvalue weighted by Gasteiger charge is -2.14. The smallest absolute Gasteiger partial charge is 0.273 e. The highest BCUT2D eigenvalue weighted by Gasteiger charge is 2.16. The number of rotatable bonds is 8. The van der Waals surface area contributed by atoms with Crippen LogP contribution >= 0.6 is 0 Å². The van der Waals surface area contributed by atoms with E-state index in [0.717, 1.165) is 22.9 Å². The molecule has 0 unspecified atom stereocenters. The van der Waals surface area contributed by atoms with Gasteiger partial charge < -0.3 is 19.3 Å². The Balaban J connectivity index is 1.64. The zero-order chi connectivity index (χ0) is 18.4. The van der Waals surface area contributed by atoms with Crippen LogP contribution in [0.4, 0.5) is 0 Å². The topological polar surface area (TPSA) is 86.5 Å². The fourth-order valence-corrected chi connectivity index (χ4v) is 2.58. The van der Waals surface area contributed by atoms with Crippen molar-refractivity contribution in [2.45, 2.75) is 26.0 Å². The molecule has 2 aromatic heterocycles. The van der Waals surface area contributed by atoms with E-state index in [2.05, 4.69) is 15.5 Å². The number of amides is 1. The molecular formula is C19H21N3O4. The van der Waals surface area contributed by atoms with Gasteiger partial charge in [-0.3, -0.25) is 9.78 Å². The first-order valence-corrected chi connectivity index (χ1v) is 8.42. The quantitative estimate of drug-likeness (QED) is 0.668. The van der Waals surface area contributed by atoms with Gasteiger partial charge in [0, 0.05) is 36.3 Å². The average molecular weight is 355 g/mol. The standard InChI is InChI=1S/C19H21N3O4/c1-3-14(11-24-2)21-19(23)17-9-15(26-22-17)12-25-18-6-4-5-13-10-20-8-7-16(13)18/h4-10,14H,3,11-12H2,1-2H3,(H,21,23)/t14-/m0/s1. The molecule has 0 aliphatic rings. The van der Waals surface area contributed by atoms with E-state index in [1.165, 1.54) is 0 Å². The number of nitrogens with zero attached hydrogens (tertiary/aromatic N) is 2. The Kier molecular flexibility index (Phi) is 5.80. The maximum absolute atomic E-state index is 12.2. The summed E-state index contributed by atoms with van der Waals surface area (Å²) in [7, 11) is 1.60. The summed E-state index contributed by atoms with van der Waals surface area (Å²) in [4.78, 5) is 16.3. The SMILES string of the molecule is CC[C@@H](COC)NC(=O)c1cc(COc2cccc3cnccc23)on1. The number of pyridine rings is 1. The summed E-state index contributed by atoms with van der Waals surface area (Å²) in [5.41, 5.74) is 0.222. The van der Waals surface area contributed by atoms with Gasteiger partial charge >= 0.3 is 0 Å². The second kappa shape index (κ2) is 8.44. The Morgan fingerprint density at radius 3 is 3.04 bits per heavy atom. The molecule has 0 saturated heterocycles. The number of hydrogen-bond acceptors (Lipinski definition) is 6. The number of fused-ring (bicyclic) bond motifs is 1. The monoisotopic (exact) mass is 355 g/mol. The highest BCUT2D eigenvalue weighted by atomic mass is 16.5. The maximum atomic E-state index is 12.2. The molecule has 1 atom stereocenters. The van der Waals surface area contributed by atoms with Gasteiger partial charge in [-0.25, -0.2) is 0 Å². The third-order valence-electron chi connectivity index (χ3n) is 4.00. The van der Waals surface area contributed by atoms with Crippen molar-refractivity contribution in [1.29, 1.82) is 0 Å². The number of carbonyl (C=O) groups excluding carboxylic acids is 1. The van der Waals surface area contributed by atoms with Crippen LogP contribution in [0.25, 0.3) is 10.8 Å². The maximum Gasteiger partial charge on any atom is 0.273 e. The summed E-state index contributed by atoms with van der Waals surface area (Å²) in [6.45, 7) is 2.61. The average Bonchev–Trinajstić information content (AvgIpc) is 3.15. The van der Waals surface area contributed by atoms with Crippen LogP contribution in [0.5, 0.6) is 5.75 Å². The number of hydrogen-bond donors (Lipinski definition) is 1. The van der Waals surface area contributed by atoms with Crippen molar-refractivity contribution in [3.8, 4) is 5.75 Å². The minimum Gasteiger partial charge on any atom is -0.485 e. The molecule has 7 heteroatoms. The molecule has 1 aromatic carbocycles. The van der Waals surface area contributed by atoms with Gasteiger partial charge in [-0.15, -0.1) is 0 Å². The largest absolute Gasteiger partial charge is 0.485 e.